The lowest BCUT2D eigenvalue weighted by atomic mass is 10.1. The van der Waals surface area contributed by atoms with E-state index in [1.54, 1.807) is 12.1 Å². The zero-order valence-electron chi connectivity index (χ0n) is 10.3. The smallest absolute Gasteiger partial charge is 0.0626 e. The van der Waals surface area contributed by atoms with Crippen LogP contribution in [0.4, 0.5) is 0 Å². The molecule has 0 fully saturated rings. The first-order valence-electron chi connectivity index (χ1n) is 6.04. The lowest BCUT2D eigenvalue weighted by Crippen LogP contribution is -2.24. The van der Waals surface area contributed by atoms with Gasteiger partial charge < -0.3 is 10.4 Å². The van der Waals surface area contributed by atoms with Crippen LogP contribution in [0.2, 0.25) is 10.0 Å². The Morgan fingerprint density at radius 3 is 2.42 bits per heavy atom. The molecule has 0 bridgehead atoms. The van der Waals surface area contributed by atoms with E-state index in [1.807, 2.05) is 36.4 Å². The standard InChI is InChI=1S/C15H15Cl2NO/c16-13-7-6-12(14(17)8-13)9-18-15(10-19)11-4-2-1-3-5-11/h1-8,15,18-19H,9-10H2. The summed E-state index contributed by atoms with van der Waals surface area (Å²) < 4.78 is 0. The first kappa shape index (κ1) is 14.4. The van der Waals surface area contributed by atoms with E-state index in [1.165, 1.54) is 0 Å². The monoisotopic (exact) mass is 295 g/mol. The molecule has 19 heavy (non-hydrogen) atoms. The number of aliphatic hydroxyl groups excluding tert-OH is 1. The first-order chi connectivity index (χ1) is 9.20. The van der Waals surface area contributed by atoms with Crippen molar-refractivity contribution in [2.75, 3.05) is 6.61 Å². The van der Waals surface area contributed by atoms with Gasteiger partial charge in [0, 0.05) is 16.6 Å². The molecule has 2 aromatic rings. The highest BCUT2D eigenvalue weighted by molar-refractivity contribution is 6.35. The molecule has 0 aliphatic rings. The summed E-state index contributed by atoms with van der Waals surface area (Å²) in [7, 11) is 0. The van der Waals surface area contributed by atoms with Gasteiger partial charge in [-0.05, 0) is 23.3 Å². The number of nitrogens with one attached hydrogen (secondary N) is 1. The van der Waals surface area contributed by atoms with Crippen molar-refractivity contribution in [3.63, 3.8) is 0 Å². The second kappa shape index (κ2) is 6.92. The number of hydrogen-bond donors (Lipinski definition) is 2. The van der Waals surface area contributed by atoms with E-state index in [2.05, 4.69) is 5.32 Å². The summed E-state index contributed by atoms with van der Waals surface area (Å²) in [6.07, 6.45) is 0. The Kier molecular flexibility index (Phi) is 5.23. The summed E-state index contributed by atoms with van der Waals surface area (Å²) in [6, 6.07) is 15.1. The van der Waals surface area contributed by atoms with Gasteiger partial charge in [-0.3, -0.25) is 0 Å². The topological polar surface area (TPSA) is 32.3 Å². The fourth-order valence-corrected chi connectivity index (χ4v) is 2.35. The van der Waals surface area contributed by atoms with Gasteiger partial charge in [0.25, 0.3) is 0 Å². The average Bonchev–Trinajstić information content (AvgIpc) is 2.43. The number of hydrogen-bond acceptors (Lipinski definition) is 2. The van der Waals surface area contributed by atoms with E-state index in [0.29, 0.717) is 16.6 Å². The highest BCUT2D eigenvalue weighted by Gasteiger charge is 2.10. The van der Waals surface area contributed by atoms with Crippen LogP contribution in [0.3, 0.4) is 0 Å². The van der Waals surface area contributed by atoms with Crippen molar-refractivity contribution in [1.29, 1.82) is 0 Å². The molecule has 0 amide bonds. The third kappa shape index (κ3) is 3.95. The quantitative estimate of drug-likeness (QED) is 0.879. The van der Waals surface area contributed by atoms with E-state index in [0.717, 1.165) is 11.1 Å². The summed E-state index contributed by atoms with van der Waals surface area (Å²) in [6.45, 7) is 0.616. The molecule has 2 N–H and O–H groups in total. The molecule has 2 rings (SSSR count). The summed E-state index contributed by atoms with van der Waals surface area (Å²) in [4.78, 5) is 0. The normalized spacial score (nSPS) is 12.4. The molecule has 1 unspecified atom stereocenters. The zero-order chi connectivity index (χ0) is 13.7. The maximum Gasteiger partial charge on any atom is 0.0626 e. The molecule has 4 heteroatoms. The molecule has 0 heterocycles. The Morgan fingerprint density at radius 1 is 1.05 bits per heavy atom. The van der Waals surface area contributed by atoms with E-state index in [-0.39, 0.29) is 12.6 Å². The van der Waals surface area contributed by atoms with Gasteiger partial charge in [0.2, 0.25) is 0 Å². The first-order valence-corrected chi connectivity index (χ1v) is 6.79. The van der Waals surface area contributed by atoms with Crippen molar-refractivity contribution in [2.45, 2.75) is 12.6 Å². The molecular formula is C15H15Cl2NO. The molecular weight excluding hydrogens is 281 g/mol. The molecule has 1 atom stereocenters. The maximum absolute atomic E-state index is 9.45. The third-order valence-corrected chi connectivity index (χ3v) is 3.53. The fourth-order valence-electron chi connectivity index (χ4n) is 1.87. The number of halogens is 2. The molecule has 0 spiro atoms. The predicted octanol–water partition coefficient (Wildman–Crippen LogP) is 3.82. The third-order valence-electron chi connectivity index (χ3n) is 2.94. The second-order valence-electron chi connectivity index (χ2n) is 4.26. The molecule has 2 aromatic carbocycles. The molecule has 0 aliphatic carbocycles. The van der Waals surface area contributed by atoms with Crippen molar-refractivity contribution < 1.29 is 5.11 Å². The summed E-state index contributed by atoms with van der Waals surface area (Å²) in [5, 5.41) is 14.0. The number of rotatable bonds is 5. The van der Waals surface area contributed by atoms with Crippen LogP contribution in [0, 0.1) is 0 Å². The SMILES string of the molecule is OCC(NCc1ccc(Cl)cc1Cl)c1ccccc1. The van der Waals surface area contributed by atoms with Crippen molar-refractivity contribution in [2.24, 2.45) is 0 Å². The van der Waals surface area contributed by atoms with Gasteiger partial charge in [-0.2, -0.15) is 0 Å². The van der Waals surface area contributed by atoms with Gasteiger partial charge in [-0.1, -0.05) is 59.6 Å². The van der Waals surface area contributed by atoms with Crippen LogP contribution < -0.4 is 5.32 Å². The van der Waals surface area contributed by atoms with Crippen LogP contribution in [-0.4, -0.2) is 11.7 Å². The highest BCUT2D eigenvalue weighted by atomic mass is 35.5. The molecule has 0 aliphatic heterocycles. The van der Waals surface area contributed by atoms with Crippen LogP contribution in [0.25, 0.3) is 0 Å². The minimum Gasteiger partial charge on any atom is -0.394 e. The Balaban J connectivity index is 2.04. The van der Waals surface area contributed by atoms with Gasteiger partial charge in [-0.25, -0.2) is 0 Å². The van der Waals surface area contributed by atoms with Gasteiger partial charge >= 0.3 is 0 Å². The second-order valence-corrected chi connectivity index (χ2v) is 5.11. The number of aliphatic hydroxyl groups is 1. The van der Waals surface area contributed by atoms with E-state index in [9.17, 15) is 5.11 Å². The maximum atomic E-state index is 9.45. The lowest BCUT2D eigenvalue weighted by molar-refractivity contribution is 0.243. The molecule has 0 saturated heterocycles. The lowest BCUT2D eigenvalue weighted by Gasteiger charge is -2.17. The Bertz CT molecular complexity index is 531. The Hall–Kier alpha value is -1.06. The molecule has 2 nitrogen and oxygen atoms in total. The summed E-state index contributed by atoms with van der Waals surface area (Å²) >= 11 is 12.0. The number of benzene rings is 2. The molecule has 0 radical (unpaired) electrons. The Labute approximate surface area is 123 Å². The summed E-state index contributed by atoms with van der Waals surface area (Å²) in [5.41, 5.74) is 2.01. The van der Waals surface area contributed by atoms with Crippen molar-refractivity contribution in [3.05, 3.63) is 69.7 Å². The van der Waals surface area contributed by atoms with Crippen LogP contribution >= 0.6 is 23.2 Å². The molecule has 100 valence electrons. The van der Waals surface area contributed by atoms with E-state index in [4.69, 9.17) is 23.2 Å². The highest BCUT2D eigenvalue weighted by Crippen LogP contribution is 2.21. The minimum absolute atomic E-state index is 0.0369. The Morgan fingerprint density at radius 2 is 1.79 bits per heavy atom. The van der Waals surface area contributed by atoms with Crippen molar-refractivity contribution in [3.8, 4) is 0 Å². The summed E-state index contributed by atoms with van der Waals surface area (Å²) in [5.74, 6) is 0. The largest absolute Gasteiger partial charge is 0.394 e. The van der Waals surface area contributed by atoms with Crippen LogP contribution in [-0.2, 0) is 6.54 Å². The van der Waals surface area contributed by atoms with Crippen LogP contribution in [0.5, 0.6) is 0 Å². The van der Waals surface area contributed by atoms with Gasteiger partial charge in [0.1, 0.15) is 0 Å². The molecule has 0 aromatic heterocycles. The van der Waals surface area contributed by atoms with Crippen molar-refractivity contribution in [1.82, 2.24) is 5.32 Å². The van der Waals surface area contributed by atoms with E-state index >= 15 is 0 Å². The fraction of sp³-hybridized carbons (Fsp3) is 0.200. The van der Waals surface area contributed by atoms with Crippen LogP contribution in [0.1, 0.15) is 17.2 Å². The van der Waals surface area contributed by atoms with Crippen LogP contribution in [0.15, 0.2) is 48.5 Å². The predicted molar refractivity (Wildman–Crippen MR) is 79.6 cm³/mol. The zero-order valence-corrected chi connectivity index (χ0v) is 11.8. The van der Waals surface area contributed by atoms with Gasteiger partial charge in [0.15, 0.2) is 0 Å². The minimum atomic E-state index is -0.104. The van der Waals surface area contributed by atoms with Gasteiger partial charge in [0.05, 0.1) is 12.6 Å². The van der Waals surface area contributed by atoms with E-state index < -0.39 is 0 Å². The molecule has 0 saturated carbocycles. The average molecular weight is 296 g/mol. The van der Waals surface area contributed by atoms with Gasteiger partial charge in [-0.15, -0.1) is 0 Å². The van der Waals surface area contributed by atoms with Crippen molar-refractivity contribution >= 4 is 23.2 Å².